The van der Waals surface area contributed by atoms with Crippen molar-refractivity contribution in [3.63, 3.8) is 0 Å². The molecule has 1 unspecified atom stereocenters. The largest absolute Gasteiger partial charge is 0.310 e. The monoisotopic (exact) mass is 261 g/mol. The summed E-state index contributed by atoms with van der Waals surface area (Å²) in [5, 5.41) is 3.27. The lowest BCUT2D eigenvalue weighted by Gasteiger charge is -2.14. The molecule has 0 aliphatic rings. The smallest absolute Gasteiger partial charge is 0.126 e. The number of rotatable bonds is 5. The second-order valence-corrected chi connectivity index (χ2v) is 4.61. The quantitative estimate of drug-likeness (QED) is 0.861. The highest BCUT2D eigenvalue weighted by Crippen LogP contribution is 2.15. The molecule has 0 saturated carbocycles. The predicted octanol–water partition coefficient (Wildman–Crippen LogP) is 3.86. The van der Waals surface area contributed by atoms with E-state index in [4.69, 9.17) is 0 Å². The number of halogens is 2. The fourth-order valence-corrected chi connectivity index (χ4v) is 2.02. The van der Waals surface area contributed by atoms with E-state index < -0.39 is 11.6 Å². The maximum atomic E-state index is 13.1. The molecule has 2 aromatic carbocycles. The number of hydrogen-bond acceptors (Lipinski definition) is 1. The van der Waals surface area contributed by atoms with Gasteiger partial charge in [0.15, 0.2) is 0 Å². The summed E-state index contributed by atoms with van der Waals surface area (Å²) in [4.78, 5) is 0. The SMILES string of the molecule is CC(NCCc1ccccc1)c1cc(F)cc(F)c1. The molecule has 1 N–H and O–H groups in total. The summed E-state index contributed by atoms with van der Waals surface area (Å²) >= 11 is 0. The Kier molecular flexibility index (Phi) is 4.63. The van der Waals surface area contributed by atoms with Crippen LogP contribution in [-0.4, -0.2) is 6.54 Å². The van der Waals surface area contributed by atoms with Crippen molar-refractivity contribution in [1.82, 2.24) is 5.32 Å². The van der Waals surface area contributed by atoms with E-state index in [2.05, 4.69) is 17.4 Å². The summed E-state index contributed by atoms with van der Waals surface area (Å²) in [6.45, 7) is 2.67. The van der Waals surface area contributed by atoms with E-state index in [-0.39, 0.29) is 6.04 Å². The molecule has 100 valence electrons. The Morgan fingerprint density at radius 3 is 2.26 bits per heavy atom. The summed E-state index contributed by atoms with van der Waals surface area (Å²) in [7, 11) is 0. The number of benzene rings is 2. The zero-order chi connectivity index (χ0) is 13.7. The van der Waals surface area contributed by atoms with Gasteiger partial charge in [0.1, 0.15) is 11.6 Å². The summed E-state index contributed by atoms with van der Waals surface area (Å²) in [5.41, 5.74) is 1.87. The zero-order valence-corrected chi connectivity index (χ0v) is 10.9. The van der Waals surface area contributed by atoms with E-state index in [0.717, 1.165) is 19.0 Å². The highest BCUT2D eigenvalue weighted by molar-refractivity contribution is 5.21. The van der Waals surface area contributed by atoms with Crippen LogP contribution in [0.1, 0.15) is 24.1 Å². The van der Waals surface area contributed by atoms with Crippen LogP contribution in [-0.2, 0) is 6.42 Å². The molecule has 3 heteroatoms. The Balaban J connectivity index is 1.89. The molecule has 0 radical (unpaired) electrons. The van der Waals surface area contributed by atoms with Crippen LogP contribution >= 0.6 is 0 Å². The minimum absolute atomic E-state index is 0.0751. The molecule has 0 heterocycles. The van der Waals surface area contributed by atoms with Crippen LogP contribution in [0.5, 0.6) is 0 Å². The Bertz CT molecular complexity index is 505. The van der Waals surface area contributed by atoms with Gasteiger partial charge in [0.05, 0.1) is 0 Å². The fraction of sp³-hybridized carbons (Fsp3) is 0.250. The van der Waals surface area contributed by atoms with Gasteiger partial charge in [0.2, 0.25) is 0 Å². The van der Waals surface area contributed by atoms with Crippen LogP contribution < -0.4 is 5.32 Å². The third-order valence-corrected chi connectivity index (χ3v) is 3.09. The van der Waals surface area contributed by atoms with Crippen molar-refractivity contribution in [1.29, 1.82) is 0 Å². The lowest BCUT2D eigenvalue weighted by molar-refractivity contribution is 0.547. The molecule has 0 fully saturated rings. The lowest BCUT2D eigenvalue weighted by atomic mass is 10.1. The van der Waals surface area contributed by atoms with Gasteiger partial charge in [-0.05, 0) is 43.1 Å². The molecule has 0 bridgehead atoms. The van der Waals surface area contributed by atoms with Gasteiger partial charge in [0, 0.05) is 12.1 Å². The zero-order valence-electron chi connectivity index (χ0n) is 10.9. The van der Waals surface area contributed by atoms with Gasteiger partial charge >= 0.3 is 0 Å². The first-order valence-electron chi connectivity index (χ1n) is 6.38. The molecule has 0 spiro atoms. The molecule has 0 aromatic heterocycles. The van der Waals surface area contributed by atoms with E-state index in [1.54, 1.807) is 0 Å². The van der Waals surface area contributed by atoms with Crippen molar-refractivity contribution in [2.45, 2.75) is 19.4 Å². The molecule has 0 aliphatic heterocycles. The van der Waals surface area contributed by atoms with Crippen LogP contribution in [0.2, 0.25) is 0 Å². The molecule has 2 rings (SSSR count). The molecule has 0 amide bonds. The molecule has 0 saturated heterocycles. The van der Waals surface area contributed by atoms with E-state index >= 15 is 0 Å². The van der Waals surface area contributed by atoms with Gasteiger partial charge in [-0.2, -0.15) is 0 Å². The Morgan fingerprint density at radius 2 is 1.63 bits per heavy atom. The molecule has 1 atom stereocenters. The first kappa shape index (κ1) is 13.7. The summed E-state index contributed by atoms with van der Waals surface area (Å²) < 4.78 is 26.2. The van der Waals surface area contributed by atoms with Gasteiger partial charge < -0.3 is 5.32 Å². The number of nitrogens with one attached hydrogen (secondary N) is 1. The van der Waals surface area contributed by atoms with Crippen molar-refractivity contribution < 1.29 is 8.78 Å². The highest BCUT2D eigenvalue weighted by Gasteiger charge is 2.07. The molecule has 0 aliphatic carbocycles. The van der Waals surface area contributed by atoms with Gasteiger partial charge in [-0.15, -0.1) is 0 Å². The van der Waals surface area contributed by atoms with E-state index in [1.807, 2.05) is 25.1 Å². The minimum atomic E-state index is -0.535. The first-order chi connectivity index (χ1) is 9.15. The van der Waals surface area contributed by atoms with Crippen molar-refractivity contribution in [2.75, 3.05) is 6.54 Å². The second-order valence-electron chi connectivity index (χ2n) is 4.61. The van der Waals surface area contributed by atoms with Crippen LogP contribution in [0.15, 0.2) is 48.5 Å². The van der Waals surface area contributed by atoms with Crippen LogP contribution in [0.4, 0.5) is 8.78 Å². The Morgan fingerprint density at radius 1 is 1.00 bits per heavy atom. The summed E-state index contributed by atoms with van der Waals surface area (Å²) in [5.74, 6) is -1.07. The fourth-order valence-electron chi connectivity index (χ4n) is 2.02. The van der Waals surface area contributed by atoms with Gasteiger partial charge in [-0.25, -0.2) is 8.78 Å². The van der Waals surface area contributed by atoms with E-state index in [1.165, 1.54) is 17.7 Å². The van der Waals surface area contributed by atoms with E-state index in [0.29, 0.717) is 5.56 Å². The van der Waals surface area contributed by atoms with Crippen molar-refractivity contribution in [3.05, 3.63) is 71.3 Å². The van der Waals surface area contributed by atoms with E-state index in [9.17, 15) is 8.78 Å². The predicted molar refractivity (Wildman–Crippen MR) is 72.9 cm³/mol. The highest BCUT2D eigenvalue weighted by atomic mass is 19.1. The Hall–Kier alpha value is -1.74. The van der Waals surface area contributed by atoms with Crippen LogP contribution in [0.25, 0.3) is 0 Å². The Labute approximate surface area is 112 Å². The second kappa shape index (κ2) is 6.43. The topological polar surface area (TPSA) is 12.0 Å². The molecular weight excluding hydrogens is 244 g/mol. The lowest BCUT2D eigenvalue weighted by Crippen LogP contribution is -2.21. The molecule has 2 aromatic rings. The number of hydrogen-bond donors (Lipinski definition) is 1. The molecule has 1 nitrogen and oxygen atoms in total. The summed E-state index contributed by atoms with van der Waals surface area (Å²) in [6, 6.07) is 13.7. The summed E-state index contributed by atoms with van der Waals surface area (Å²) in [6.07, 6.45) is 0.892. The minimum Gasteiger partial charge on any atom is -0.310 e. The van der Waals surface area contributed by atoms with Crippen LogP contribution in [0, 0.1) is 11.6 Å². The third kappa shape index (κ3) is 4.14. The van der Waals surface area contributed by atoms with Crippen molar-refractivity contribution >= 4 is 0 Å². The normalized spacial score (nSPS) is 12.4. The third-order valence-electron chi connectivity index (χ3n) is 3.09. The van der Waals surface area contributed by atoms with Gasteiger partial charge in [0.25, 0.3) is 0 Å². The average molecular weight is 261 g/mol. The van der Waals surface area contributed by atoms with Crippen LogP contribution in [0.3, 0.4) is 0 Å². The van der Waals surface area contributed by atoms with Gasteiger partial charge in [-0.3, -0.25) is 0 Å². The average Bonchev–Trinajstić information content (AvgIpc) is 2.38. The molecular formula is C16H17F2N. The standard InChI is InChI=1S/C16H17F2N/c1-12(14-9-15(17)11-16(18)10-14)19-8-7-13-5-3-2-4-6-13/h2-6,9-12,19H,7-8H2,1H3. The van der Waals surface area contributed by atoms with Gasteiger partial charge in [-0.1, -0.05) is 30.3 Å². The maximum absolute atomic E-state index is 13.1. The first-order valence-corrected chi connectivity index (χ1v) is 6.38. The molecule has 19 heavy (non-hydrogen) atoms. The van der Waals surface area contributed by atoms with Crippen molar-refractivity contribution in [2.24, 2.45) is 0 Å². The maximum Gasteiger partial charge on any atom is 0.126 e. The van der Waals surface area contributed by atoms with Crippen molar-refractivity contribution in [3.8, 4) is 0 Å².